The lowest BCUT2D eigenvalue weighted by molar-refractivity contribution is -0.124. The summed E-state index contributed by atoms with van der Waals surface area (Å²) >= 11 is 0. The summed E-state index contributed by atoms with van der Waals surface area (Å²) in [6, 6.07) is 6.12. The lowest BCUT2D eigenvalue weighted by atomic mass is 10.1. The van der Waals surface area contributed by atoms with E-state index in [2.05, 4.69) is 34.7 Å². The molecule has 1 heterocycles. The molecule has 0 bridgehead atoms. The van der Waals surface area contributed by atoms with Gasteiger partial charge in [-0.3, -0.25) is 9.59 Å². The number of amides is 2. The zero-order valence-electron chi connectivity index (χ0n) is 14.4. The smallest absolute Gasteiger partial charge is 0.224 e. The number of hydrogen-bond donors (Lipinski definition) is 2. The summed E-state index contributed by atoms with van der Waals surface area (Å²) < 4.78 is 0. The Balaban J connectivity index is 1.36. The minimum Gasteiger partial charge on any atom is -0.356 e. The standard InChI is InChI=1S/C19H27N3O2/c1-22-10-9-14(13-22)12-20-18(23)7-8-19(24)21-17-6-5-15-3-2-4-16(15)11-17/h5-6,11,14H,2-4,7-10,12-13H2,1H3,(H,20,23)(H,21,24)/t14-/m0/s1. The fraction of sp³-hybridized carbons (Fsp3) is 0.579. The topological polar surface area (TPSA) is 61.4 Å². The first-order valence-corrected chi connectivity index (χ1v) is 8.97. The largest absolute Gasteiger partial charge is 0.356 e. The Morgan fingerprint density at radius 1 is 1.17 bits per heavy atom. The Bertz CT molecular complexity index is 615. The molecule has 1 atom stereocenters. The zero-order valence-corrected chi connectivity index (χ0v) is 14.4. The average molecular weight is 329 g/mol. The van der Waals surface area contributed by atoms with E-state index in [9.17, 15) is 9.59 Å². The van der Waals surface area contributed by atoms with Gasteiger partial charge in [0.05, 0.1) is 0 Å². The molecule has 0 unspecified atom stereocenters. The van der Waals surface area contributed by atoms with Crippen LogP contribution in [0.4, 0.5) is 5.69 Å². The summed E-state index contributed by atoms with van der Waals surface area (Å²) in [4.78, 5) is 26.2. The molecule has 1 aromatic rings. The summed E-state index contributed by atoms with van der Waals surface area (Å²) in [6.45, 7) is 2.86. The van der Waals surface area contributed by atoms with Gasteiger partial charge in [-0.1, -0.05) is 6.07 Å². The van der Waals surface area contributed by atoms with E-state index < -0.39 is 0 Å². The van der Waals surface area contributed by atoms with Gasteiger partial charge in [-0.25, -0.2) is 0 Å². The van der Waals surface area contributed by atoms with Gasteiger partial charge in [0.15, 0.2) is 0 Å². The first-order chi connectivity index (χ1) is 11.6. The maximum absolute atomic E-state index is 12.0. The normalized spacial score (nSPS) is 20.0. The number of aryl methyl sites for hydroxylation is 2. The highest BCUT2D eigenvalue weighted by atomic mass is 16.2. The third-order valence-electron chi connectivity index (χ3n) is 5.04. The van der Waals surface area contributed by atoms with Crippen molar-refractivity contribution in [2.75, 3.05) is 32.0 Å². The van der Waals surface area contributed by atoms with Crippen molar-refractivity contribution in [1.29, 1.82) is 0 Å². The molecule has 0 saturated carbocycles. The van der Waals surface area contributed by atoms with E-state index in [1.165, 1.54) is 17.5 Å². The van der Waals surface area contributed by atoms with Crippen LogP contribution in [0.3, 0.4) is 0 Å². The number of benzene rings is 1. The van der Waals surface area contributed by atoms with E-state index in [0.717, 1.165) is 44.6 Å². The van der Waals surface area contributed by atoms with Crippen LogP contribution in [0.25, 0.3) is 0 Å². The Kier molecular flexibility index (Phi) is 5.51. The highest BCUT2D eigenvalue weighted by Crippen LogP contribution is 2.24. The van der Waals surface area contributed by atoms with Gasteiger partial charge in [0.25, 0.3) is 0 Å². The van der Waals surface area contributed by atoms with Crippen LogP contribution >= 0.6 is 0 Å². The molecule has 5 nitrogen and oxygen atoms in total. The maximum atomic E-state index is 12.0. The van der Waals surface area contributed by atoms with Gasteiger partial charge in [0.2, 0.25) is 11.8 Å². The van der Waals surface area contributed by atoms with Gasteiger partial charge in [-0.05, 0) is 68.5 Å². The lowest BCUT2D eigenvalue weighted by Crippen LogP contribution is -2.31. The van der Waals surface area contributed by atoms with Crippen LogP contribution in [0.5, 0.6) is 0 Å². The van der Waals surface area contributed by atoms with Gasteiger partial charge in [0, 0.05) is 31.6 Å². The van der Waals surface area contributed by atoms with E-state index in [1.807, 2.05) is 6.07 Å². The number of nitrogens with one attached hydrogen (secondary N) is 2. The molecule has 0 radical (unpaired) electrons. The maximum Gasteiger partial charge on any atom is 0.224 e. The van der Waals surface area contributed by atoms with Crippen molar-refractivity contribution in [1.82, 2.24) is 10.2 Å². The number of fused-ring (bicyclic) bond motifs is 1. The molecule has 2 aliphatic rings. The Labute approximate surface area is 143 Å². The second kappa shape index (κ2) is 7.79. The molecule has 3 rings (SSSR count). The van der Waals surface area contributed by atoms with Crippen molar-refractivity contribution in [3.05, 3.63) is 29.3 Å². The number of hydrogen-bond acceptors (Lipinski definition) is 3. The highest BCUT2D eigenvalue weighted by molar-refractivity contribution is 5.93. The first-order valence-electron chi connectivity index (χ1n) is 8.97. The number of likely N-dealkylation sites (tertiary alicyclic amines) is 1. The molecule has 24 heavy (non-hydrogen) atoms. The molecule has 1 aliphatic heterocycles. The van der Waals surface area contributed by atoms with Gasteiger partial charge in [-0.15, -0.1) is 0 Å². The molecule has 1 aliphatic carbocycles. The van der Waals surface area contributed by atoms with Crippen molar-refractivity contribution in [3.63, 3.8) is 0 Å². The molecule has 1 fully saturated rings. The number of anilines is 1. The summed E-state index contributed by atoms with van der Waals surface area (Å²) in [5.41, 5.74) is 3.58. The van der Waals surface area contributed by atoms with E-state index in [4.69, 9.17) is 0 Å². The van der Waals surface area contributed by atoms with Crippen molar-refractivity contribution in [3.8, 4) is 0 Å². The van der Waals surface area contributed by atoms with Gasteiger partial charge >= 0.3 is 0 Å². The van der Waals surface area contributed by atoms with Gasteiger partial charge in [-0.2, -0.15) is 0 Å². The molecule has 130 valence electrons. The third kappa shape index (κ3) is 4.57. The van der Waals surface area contributed by atoms with Crippen LogP contribution in [-0.4, -0.2) is 43.4 Å². The second-order valence-electron chi connectivity index (χ2n) is 7.11. The van der Waals surface area contributed by atoms with E-state index >= 15 is 0 Å². The molecule has 2 amide bonds. The number of carbonyl (C=O) groups is 2. The molecule has 0 aromatic heterocycles. The summed E-state index contributed by atoms with van der Waals surface area (Å²) in [7, 11) is 2.10. The van der Waals surface area contributed by atoms with E-state index in [0.29, 0.717) is 5.92 Å². The molecule has 1 aromatic carbocycles. The summed E-state index contributed by atoms with van der Waals surface area (Å²) in [6.07, 6.45) is 5.05. The summed E-state index contributed by atoms with van der Waals surface area (Å²) in [5, 5.41) is 5.86. The van der Waals surface area contributed by atoms with Crippen molar-refractivity contribution in [2.45, 2.75) is 38.5 Å². The SMILES string of the molecule is CN1CC[C@@H](CNC(=O)CCC(=O)Nc2ccc3c(c2)CCC3)C1. The second-order valence-corrected chi connectivity index (χ2v) is 7.11. The monoisotopic (exact) mass is 329 g/mol. The third-order valence-corrected chi connectivity index (χ3v) is 5.04. The average Bonchev–Trinajstić information content (AvgIpc) is 3.19. The van der Waals surface area contributed by atoms with Gasteiger partial charge < -0.3 is 15.5 Å². The minimum atomic E-state index is -0.0938. The molecule has 1 saturated heterocycles. The number of carbonyl (C=O) groups excluding carboxylic acids is 2. The van der Waals surface area contributed by atoms with Crippen molar-refractivity contribution < 1.29 is 9.59 Å². The molecule has 2 N–H and O–H groups in total. The van der Waals surface area contributed by atoms with Crippen LogP contribution in [0, 0.1) is 5.92 Å². The molecular formula is C19H27N3O2. The minimum absolute atomic E-state index is 0.0337. The molecular weight excluding hydrogens is 302 g/mol. The molecule has 5 heteroatoms. The first kappa shape index (κ1) is 17.0. The quantitative estimate of drug-likeness (QED) is 0.839. The van der Waals surface area contributed by atoms with Gasteiger partial charge in [0.1, 0.15) is 0 Å². The van der Waals surface area contributed by atoms with E-state index in [-0.39, 0.29) is 24.7 Å². The predicted octanol–water partition coefficient (Wildman–Crippen LogP) is 1.96. The Hall–Kier alpha value is -1.88. The fourth-order valence-corrected chi connectivity index (χ4v) is 3.64. The van der Waals surface area contributed by atoms with Crippen LogP contribution in [-0.2, 0) is 22.4 Å². The predicted molar refractivity (Wildman–Crippen MR) is 94.9 cm³/mol. The number of rotatable bonds is 6. The number of nitrogens with zero attached hydrogens (tertiary/aromatic N) is 1. The van der Waals surface area contributed by atoms with Crippen molar-refractivity contribution in [2.24, 2.45) is 5.92 Å². The lowest BCUT2D eigenvalue weighted by Gasteiger charge is -2.12. The fourth-order valence-electron chi connectivity index (χ4n) is 3.64. The van der Waals surface area contributed by atoms with Crippen LogP contribution in [0.15, 0.2) is 18.2 Å². The molecule has 0 spiro atoms. The Morgan fingerprint density at radius 3 is 2.75 bits per heavy atom. The zero-order chi connectivity index (χ0) is 16.9. The van der Waals surface area contributed by atoms with Crippen molar-refractivity contribution >= 4 is 17.5 Å². The van der Waals surface area contributed by atoms with Crippen LogP contribution < -0.4 is 10.6 Å². The highest BCUT2D eigenvalue weighted by Gasteiger charge is 2.20. The summed E-state index contributed by atoms with van der Waals surface area (Å²) in [5.74, 6) is 0.413. The van der Waals surface area contributed by atoms with Crippen LogP contribution in [0.1, 0.15) is 36.8 Å². The van der Waals surface area contributed by atoms with E-state index in [1.54, 1.807) is 0 Å². The Morgan fingerprint density at radius 2 is 1.96 bits per heavy atom. The van der Waals surface area contributed by atoms with Crippen LogP contribution in [0.2, 0.25) is 0 Å².